The minimum atomic E-state index is -3.76. The maximum absolute atomic E-state index is 12.2. The minimum absolute atomic E-state index is 0.0177. The standard InChI is InChI=1S/C13H10ClN3O2S/c1-9-5-11(8-16-13(9)14)17-20(18,19)12-4-2-3-10(6-12)7-15/h2-6,8,17H,1H3. The van der Waals surface area contributed by atoms with Gasteiger partial charge in [-0.3, -0.25) is 4.72 Å². The molecule has 2 rings (SSSR count). The van der Waals surface area contributed by atoms with Gasteiger partial charge in [0.1, 0.15) is 5.15 Å². The van der Waals surface area contributed by atoms with E-state index in [0.29, 0.717) is 16.4 Å². The van der Waals surface area contributed by atoms with Crippen molar-refractivity contribution in [1.29, 1.82) is 5.26 Å². The van der Waals surface area contributed by atoms with Crippen LogP contribution in [0.5, 0.6) is 0 Å². The zero-order valence-corrected chi connectivity index (χ0v) is 12.0. The summed E-state index contributed by atoms with van der Waals surface area (Å²) in [6, 6.07) is 9.25. The Kier molecular flexibility index (Phi) is 3.93. The summed E-state index contributed by atoms with van der Waals surface area (Å²) in [7, 11) is -3.76. The number of nitrogens with zero attached hydrogens (tertiary/aromatic N) is 2. The number of hydrogen-bond acceptors (Lipinski definition) is 4. The van der Waals surface area contributed by atoms with E-state index in [4.69, 9.17) is 16.9 Å². The van der Waals surface area contributed by atoms with E-state index < -0.39 is 10.0 Å². The number of pyridine rings is 1. The predicted molar refractivity (Wildman–Crippen MR) is 75.9 cm³/mol. The van der Waals surface area contributed by atoms with Gasteiger partial charge in [-0.15, -0.1) is 0 Å². The van der Waals surface area contributed by atoms with Crippen molar-refractivity contribution in [3.05, 3.63) is 52.8 Å². The van der Waals surface area contributed by atoms with Crippen LogP contribution in [0, 0.1) is 18.3 Å². The molecule has 7 heteroatoms. The normalized spacial score (nSPS) is 10.8. The molecule has 1 N–H and O–H groups in total. The SMILES string of the molecule is Cc1cc(NS(=O)(=O)c2cccc(C#N)c2)cnc1Cl. The molecule has 0 fully saturated rings. The molecule has 1 heterocycles. The molecule has 0 saturated carbocycles. The van der Waals surface area contributed by atoms with Gasteiger partial charge in [-0.2, -0.15) is 5.26 Å². The fraction of sp³-hybridized carbons (Fsp3) is 0.0769. The van der Waals surface area contributed by atoms with Gasteiger partial charge >= 0.3 is 0 Å². The monoisotopic (exact) mass is 307 g/mol. The molecule has 20 heavy (non-hydrogen) atoms. The second kappa shape index (κ2) is 5.49. The Hall–Kier alpha value is -2.10. The number of benzene rings is 1. The van der Waals surface area contributed by atoms with E-state index in [1.807, 2.05) is 6.07 Å². The second-order valence-corrected chi connectivity index (χ2v) is 6.12. The van der Waals surface area contributed by atoms with Gasteiger partial charge in [-0.05, 0) is 36.8 Å². The highest BCUT2D eigenvalue weighted by molar-refractivity contribution is 7.92. The summed E-state index contributed by atoms with van der Waals surface area (Å²) < 4.78 is 26.8. The average Bonchev–Trinajstić information content (AvgIpc) is 2.43. The number of halogens is 1. The molecule has 5 nitrogen and oxygen atoms in total. The van der Waals surface area contributed by atoms with E-state index in [9.17, 15) is 8.42 Å². The number of aromatic nitrogens is 1. The van der Waals surface area contributed by atoms with Crippen LogP contribution in [0.2, 0.25) is 5.15 Å². The number of rotatable bonds is 3. The molecule has 0 bridgehead atoms. The van der Waals surface area contributed by atoms with Gasteiger partial charge < -0.3 is 0 Å². The molecule has 0 amide bonds. The first-order chi connectivity index (χ1) is 9.42. The van der Waals surface area contributed by atoms with Crippen molar-refractivity contribution in [3.63, 3.8) is 0 Å². The molecule has 0 unspecified atom stereocenters. The van der Waals surface area contributed by atoms with Crippen LogP contribution < -0.4 is 4.72 Å². The van der Waals surface area contributed by atoms with Crippen LogP contribution in [0.1, 0.15) is 11.1 Å². The van der Waals surface area contributed by atoms with Crippen molar-refractivity contribution < 1.29 is 8.42 Å². The van der Waals surface area contributed by atoms with Gasteiger partial charge in [-0.1, -0.05) is 17.7 Å². The molecule has 1 aromatic carbocycles. The van der Waals surface area contributed by atoms with Crippen LogP contribution in [-0.2, 0) is 10.0 Å². The molecular weight excluding hydrogens is 298 g/mol. The van der Waals surface area contributed by atoms with Gasteiger partial charge in [0.15, 0.2) is 0 Å². The molecule has 0 radical (unpaired) electrons. The summed E-state index contributed by atoms with van der Waals surface area (Å²) in [6.45, 7) is 1.73. The lowest BCUT2D eigenvalue weighted by atomic mass is 10.2. The third-order valence-electron chi connectivity index (χ3n) is 2.54. The van der Waals surface area contributed by atoms with E-state index in [0.717, 1.165) is 0 Å². The Morgan fingerprint density at radius 3 is 2.75 bits per heavy atom. The maximum Gasteiger partial charge on any atom is 0.261 e. The molecule has 0 saturated heterocycles. The summed E-state index contributed by atoms with van der Waals surface area (Å²) >= 11 is 5.78. The quantitative estimate of drug-likeness (QED) is 0.884. The van der Waals surface area contributed by atoms with Crippen molar-refractivity contribution in [2.75, 3.05) is 4.72 Å². The van der Waals surface area contributed by atoms with Crippen LogP contribution in [0.4, 0.5) is 5.69 Å². The summed E-state index contributed by atoms with van der Waals surface area (Å²) in [5, 5.41) is 9.11. The first kappa shape index (κ1) is 14.3. The first-order valence-corrected chi connectivity index (χ1v) is 7.43. The highest BCUT2D eigenvalue weighted by Crippen LogP contribution is 2.20. The van der Waals surface area contributed by atoms with Crippen LogP contribution in [-0.4, -0.2) is 13.4 Å². The maximum atomic E-state index is 12.2. The number of aryl methyl sites for hydroxylation is 1. The zero-order chi connectivity index (χ0) is 14.8. The lowest BCUT2D eigenvalue weighted by molar-refractivity contribution is 0.601. The van der Waals surface area contributed by atoms with Crippen LogP contribution in [0.15, 0.2) is 41.4 Å². The summed E-state index contributed by atoms with van der Waals surface area (Å²) in [6.07, 6.45) is 1.33. The molecule has 0 aliphatic heterocycles. The summed E-state index contributed by atoms with van der Waals surface area (Å²) in [5.74, 6) is 0. The highest BCUT2D eigenvalue weighted by atomic mass is 35.5. The lowest BCUT2D eigenvalue weighted by Crippen LogP contribution is -2.13. The molecule has 1 aromatic heterocycles. The van der Waals surface area contributed by atoms with Gasteiger partial charge in [0.25, 0.3) is 10.0 Å². The Morgan fingerprint density at radius 2 is 2.10 bits per heavy atom. The summed E-state index contributed by atoms with van der Waals surface area (Å²) in [5.41, 5.74) is 1.25. The number of hydrogen-bond donors (Lipinski definition) is 1. The lowest BCUT2D eigenvalue weighted by Gasteiger charge is -2.09. The molecule has 0 aliphatic carbocycles. The molecule has 2 aromatic rings. The smallest absolute Gasteiger partial charge is 0.261 e. The number of nitriles is 1. The van der Waals surface area contributed by atoms with Crippen LogP contribution in [0.25, 0.3) is 0 Å². The van der Waals surface area contributed by atoms with Crippen molar-refractivity contribution in [1.82, 2.24) is 4.98 Å². The largest absolute Gasteiger partial charge is 0.278 e. The summed E-state index contributed by atoms with van der Waals surface area (Å²) in [4.78, 5) is 3.89. The van der Waals surface area contributed by atoms with Gasteiger partial charge in [0, 0.05) is 0 Å². The molecule has 102 valence electrons. The van der Waals surface area contributed by atoms with Crippen molar-refractivity contribution in [2.24, 2.45) is 0 Å². The third kappa shape index (κ3) is 3.07. The number of anilines is 1. The molecule has 0 atom stereocenters. The Balaban J connectivity index is 2.35. The fourth-order valence-corrected chi connectivity index (χ4v) is 2.74. The minimum Gasteiger partial charge on any atom is -0.278 e. The molecular formula is C13H10ClN3O2S. The average molecular weight is 308 g/mol. The third-order valence-corrected chi connectivity index (χ3v) is 4.31. The zero-order valence-electron chi connectivity index (χ0n) is 10.5. The first-order valence-electron chi connectivity index (χ1n) is 5.57. The second-order valence-electron chi connectivity index (χ2n) is 4.08. The fourth-order valence-electron chi connectivity index (χ4n) is 1.56. The van der Waals surface area contributed by atoms with Crippen molar-refractivity contribution in [3.8, 4) is 6.07 Å². The van der Waals surface area contributed by atoms with E-state index >= 15 is 0 Å². The Morgan fingerprint density at radius 1 is 1.35 bits per heavy atom. The topological polar surface area (TPSA) is 82.9 Å². The predicted octanol–water partition coefficient (Wildman–Crippen LogP) is 2.72. The van der Waals surface area contributed by atoms with E-state index in [1.165, 1.54) is 30.5 Å². The molecule has 0 aliphatic rings. The highest BCUT2D eigenvalue weighted by Gasteiger charge is 2.15. The van der Waals surface area contributed by atoms with E-state index in [2.05, 4.69) is 9.71 Å². The van der Waals surface area contributed by atoms with Crippen molar-refractivity contribution in [2.45, 2.75) is 11.8 Å². The number of sulfonamides is 1. The van der Waals surface area contributed by atoms with Crippen LogP contribution >= 0.6 is 11.6 Å². The van der Waals surface area contributed by atoms with Gasteiger partial charge in [0.2, 0.25) is 0 Å². The Bertz CT molecular complexity index is 798. The van der Waals surface area contributed by atoms with Gasteiger partial charge in [-0.25, -0.2) is 13.4 Å². The Labute approximate surface area is 121 Å². The van der Waals surface area contributed by atoms with Crippen LogP contribution in [0.3, 0.4) is 0 Å². The van der Waals surface area contributed by atoms with Gasteiger partial charge in [0.05, 0.1) is 28.4 Å². The van der Waals surface area contributed by atoms with E-state index in [-0.39, 0.29) is 10.5 Å². The molecule has 0 spiro atoms. The van der Waals surface area contributed by atoms with Crippen molar-refractivity contribution >= 4 is 27.3 Å². The number of nitrogens with one attached hydrogen (secondary N) is 1. The van der Waals surface area contributed by atoms with E-state index in [1.54, 1.807) is 13.0 Å².